The Labute approximate surface area is 112 Å². The average Bonchev–Trinajstić information content (AvgIpc) is 2.78. The van der Waals surface area contributed by atoms with Gasteiger partial charge in [0.15, 0.2) is 9.84 Å². The molecule has 0 saturated heterocycles. The molecule has 1 rings (SSSR count). The van der Waals surface area contributed by atoms with Gasteiger partial charge in [-0.3, -0.25) is 4.90 Å². The summed E-state index contributed by atoms with van der Waals surface area (Å²) in [6.45, 7) is 6.33. The van der Waals surface area contributed by atoms with Crippen molar-refractivity contribution in [2.75, 3.05) is 31.1 Å². The number of rotatable bonds is 8. The zero-order valence-electron chi connectivity index (χ0n) is 11.8. The van der Waals surface area contributed by atoms with Crippen LogP contribution in [0.3, 0.4) is 0 Å². The minimum atomic E-state index is -2.86. The maximum atomic E-state index is 11.8. The van der Waals surface area contributed by atoms with Gasteiger partial charge in [-0.1, -0.05) is 20.3 Å². The molecule has 4 nitrogen and oxygen atoms in total. The fourth-order valence-electron chi connectivity index (χ4n) is 3.00. The van der Waals surface area contributed by atoms with Crippen LogP contribution in [0, 0.1) is 5.92 Å². The van der Waals surface area contributed by atoms with E-state index in [4.69, 9.17) is 5.73 Å². The Bertz CT molecular complexity index is 330. The summed E-state index contributed by atoms with van der Waals surface area (Å²) in [5.74, 6) is 1.16. The minimum Gasteiger partial charge on any atom is -0.330 e. The van der Waals surface area contributed by atoms with Gasteiger partial charge in [-0.2, -0.15) is 0 Å². The van der Waals surface area contributed by atoms with Crippen LogP contribution in [-0.4, -0.2) is 50.5 Å². The Morgan fingerprint density at radius 3 is 2.50 bits per heavy atom. The third-order valence-electron chi connectivity index (χ3n) is 4.00. The Hall–Kier alpha value is -0.130. The summed E-state index contributed by atoms with van der Waals surface area (Å²) in [5, 5.41) is 0. The zero-order chi connectivity index (χ0) is 13.6. The van der Waals surface area contributed by atoms with Crippen molar-refractivity contribution in [2.24, 2.45) is 11.7 Å². The van der Waals surface area contributed by atoms with Crippen LogP contribution >= 0.6 is 0 Å². The minimum absolute atomic E-state index is 0.294. The molecule has 0 aromatic heterocycles. The first kappa shape index (κ1) is 15.9. The molecule has 0 aromatic rings. The Morgan fingerprint density at radius 2 is 1.94 bits per heavy atom. The van der Waals surface area contributed by atoms with E-state index in [9.17, 15) is 8.42 Å². The lowest BCUT2D eigenvalue weighted by Gasteiger charge is -2.31. The van der Waals surface area contributed by atoms with Gasteiger partial charge in [-0.05, 0) is 38.3 Å². The number of sulfone groups is 1. The first-order valence-corrected chi connectivity index (χ1v) is 9.00. The Kier molecular flexibility index (Phi) is 6.60. The standard InChI is InChI=1S/C13H28N2O2S/c1-3-9-18(16,17)10-8-15(4-2)13-7-5-6-12(13)11-14/h12-13H,3-11,14H2,1-2H3. The SMILES string of the molecule is CCCS(=O)(=O)CCN(CC)C1CCCC1CN. The number of nitrogens with zero attached hydrogens (tertiary/aromatic N) is 1. The molecule has 0 spiro atoms. The molecular formula is C13H28N2O2S. The third-order valence-corrected chi connectivity index (χ3v) is 5.84. The fraction of sp³-hybridized carbons (Fsp3) is 1.00. The van der Waals surface area contributed by atoms with Gasteiger partial charge in [0.05, 0.1) is 5.75 Å². The number of hydrogen-bond acceptors (Lipinski definition) is 4. The molecule has 108 valence electrons. The number of hydrogen-bond donors (Lipinski definition) is 1. The summed E-state index contributed by atoms with van der Waals surface area (Å²) in [4.78, 5) is 2.32. The molecule has 0 heterocycles. The topological polar surface area (TPSA) is 63.4 Å². The van der Waals surface area contributed by atoms with Crippen LogP contribution in [0.4, 0.5) is 0 Å². The molecular weight excluding hydrogens is 248 g/mol. The van der Waals surface area contributed by atoms with Crippen molar-refractivity contribution in [3.8, 4) is 0 Å². The van der Waals surface area contributed by atoms with Gasteiger partial charge >= 0.3 is 0 Å². The Balaban J connectivity index is 2.52. The fourth-order valence-corrected chi connectivity index (χ4v) is 4.34. The highest BCUT2D eigenvalue weighted by Gasteiger charge is 2.30. The van der Waals surface area contributed by atoms with Crippen LogP contribution in [0.25, 0.3) is 0 Å². The molecule has 0 amide bonds. The molecule has 1 aliphatic carbocycles. The second-order valence-electron chi connectivity index (χ2n) is 5.27. The summed E-state index contributed by atoms with van der Waals surface area (Å²) >= 11 is 0. The molecule has 1 fully saturated rings. The van der Waals surface area contributed by atoms with Gasteiger partial charge in [-0.25, -0.2) is 8.42 Å². The predicted molar refractivity (Wildman–Crippen MR) is 76.4 cm³/mol. The summed E-state index contributed by atoms with van der Waals surface area (Å²) in [6.07, 6.45) is 4.30. The van der Waals surface area contributed by atoms with Crippen molar-refractivity contribution in [1.82, 2.24) is 4.90 Å². The molecule has 2 unspecified atom stereocenters. The normalized spacial score (nSPS) is 24.9. The van der Waals surface area contributed by atoms with Gasteiger partial charge in [0.1, 0.15) is 0 Å². The van der Waals surface area contributed by atoms with E-state index in [1.54, 1.807) is 0 Å². The molecule has 0 bridgehead atoms. The van der Waals surface area contributed by atoms with Crippen LogP contribution in [0.5, 0.6) is 0 Å². The molecule has 18 heavy (non-hydrogen) atoms. The molecule has 2 N–H and O–H groups in total. The van der Waals surface area contributed by atoms with E-state index in [2.05, 4.69) is 11.8 Å². The lowest BCUT2D eigenvalue weighted by Crippen LogP contribution is -2.42. The Morgan fingerprint density at radius 1 is 1.22 bits per heavy atom. The molecule has 0 radical (unpaired) electrons. The second kappa shape index (κ2) is 7.46. The van der Waals surface area contributed by atoms with Gasteiger partial charge in [0.2, 0.25) is 0 Å². The smallest absolute Gasteiger partial charge is 0.151 e. The first-order chi connectivity index (χ1) is 8.54. The lowest BCUT2D eigenvalue weighted by molar-refractivity contribution is 0.180. The first-order valence-electron chi connectivity index (χ1n) is 7.18. The highest BCUT2D eigenvalue weighted by atomic mass is 32.2. The van der Waals surface area contributed by atoms with Crippen molar-refractivity contribution in [2.45, 2.75) is 45.6 Å². The van der Waals surface area contributed by atoms with Crippen molar-refractivity contribution < 1.29 is 8.42 Å². The maximum Gasteiger partial charge on any atom is 0.151 e. The monoisotopic (exact) mass is 276 g/mol. The molecule has 5 heteroatoms. The third kappa shape index (κ3) is 4.52. The second-order valence-corrected chi connectivity index (χ2v) is 7.58. The molecule has 0 aromatic carbocycles. The van der Waals surface area contributed by atoms with Crippen LogP contribution in [0.1, 0.15) is 39.5 Å². The van der Waals surface area contributed by atoms with Crippen LogP contribution in [-0.2, 0) is 9.84 Å². The van der Waals surface area contributed by atoms with Crippen LogP contribution < -0.4 is 5.73 Å². The highest BCUT2D eigenvalue weighted by molar-refractivity contribution is 7.91. The average molecular weight is 276 g/mol. The summed E-state index contributed by atoms with van der Waals surface area (Å²) in [7, 11) is -2.86. The summed E-state index contributed by atoms with van der Waals surface area (Å²) in [5.41, 5.74) is 5.80. The molecule has 0 aliphatic heterocycles. The van der Waals surface area contributed by atoms with Crippen LogP contribution in [0.15, 0.2) is 0 Å². The van der Waals surface area contributed by atoms with E-state index in [0.717, 1.165) is 13.1 Å². The van der Waals surface area contributed by atoms with E-state index in [1.807, 2.05) is 6.92 Å². The van der Waals surface area contributed by atoms with Crippen LogP contribution in [0.2, 0.25) is 0 Å². The predicted octanol–water partition coefficient (Wildman–Crippen LogP) is 1.26. The van der Waals surface area contributed by atoms with Crippen molar-refractivity contribution in [3.05, 3.63) is 0 Å². The zero-order valence-corrected chi connectivity index (χ0v) is 12.6. The highest BCUT2D eigenvalue weighted by Crippen LogP contribution is 2.29. The largest absolute Gasteiger partial charge is 0.330 e. The molecule has 2 atom stereocenters. The van der Waals surface area contributed by atoms with E-state index in [-0.39, 0.29) is 0 Å². The van der Waals surface area contributed by atoms with Gasteiger partial charge in [-0.15, -0.1) is 0 Å². The van der Waals surface area contributed by atoms with E-state index < -0.39 is 9.84 Å². The molecule has 1 aliphatic rings. The summed E-state index contributed by atoms with van der Waals surface area (Å²) < 4.78 is 23.5. The molecule has 1 saturated carbocycles. The lowest BCUT2D eigenvalue weighted by atomic mass is 10.0. The van der Waals surface area contributed by atoms with E-state index >= 15 is 0 Å². The maximum absolute atomic E-state index is 11.8. The van der Waals surface area contributed by atoms with Gasteiger partial charge in [0, 0.05) is 18.3 Å². The quantitative estimate of drug-likeness (QED) is 0.725. The van der Waals surface area contributed by atoms with Crippen molar-refractivity contribution in [1.29, 1.82) is 0 Å². The van der Waals surface area contributed by atoms with E-state index in [1.165, 1.54) is 19.3 Å². The summed E-state index contributed by atoms with van der Waals surface area (Å²) in [6, 6.07) is 0.497. The van der Waals surface area contributed by atoms with Crippen molar-refractivity contribution in [3.63, 3.8) is 0 Å². The van der Waals surface area contributed by atoms with Gasteiger partial charge < -0.3 is 5.73 Å². The van der Waals surface area contributed by atoms with Gasteiger partial charge in [0.25, 0.3) is 0 Å². The van der Waals surface area contributed by atoms with Crippen molar-refractivity contribution >= 4 is 9.84 Å². The van der Waals surface area contributed by atoms with E-state index in [0.29, 0.717) is 36.4 Å². The number of nitrogens with two attached hydrogens (primary N) is 1.